The van der Waals surface area contributed by atoms with E-state index in [1.54, 1.807) is 18.5 Å². The Hall–Kier alpha value is -3.79. The zero-order chi connectivity index (χ0) is 30.7. The number of aryl methyl sites for hydroxylation is 2. The first-order valence-electron chi connectivity index (χ1n) is 13.1. The largest absolute Gasteiger partial charge is 0.334 e. The second-order valence-corrected chi connectivity index (χ2v) is 13.2. The number of H-pyrrole nitrogens is 2. The summed E-state index contributed by atoms with van der Waals surface area (Å²) in [6.45, 7) is 11.0. The lowest BCUT2D eigenvalue weighted by Gasteiger charge is -2.19. The number of halogens is 3. The van der Waals surface area contributed by atoms with Crippen LogP contribution in [0.15, 0.2) is 60.9 Å². The summed E-state index contributed by atoms with van der Waals surface area (Å²) < 4.78 is -1.99. The van der Waals surface area contributed by atoms with Crippen molar-refractivity contribution in [3.8, 4) is 0 Å². The number of nitrogens with one attached hydrogen (secondary N) is 5. The van der Waals surface area contributed by atoms with Crippen molar-refractivity contribution in [3.05, 3.63) is 83.2 Å². The summed E-state index contributed by atoms with van der Waals surface area (Å²) in [4.78, 5) is 23.8. The van der Waals surface area contributed by atoms with Crippen molar-refractivity contribution in [2.75, 3.05) is 10.6 Å². The highest BCUT2D eigenvalue weighted by atomic mass is 35.6. The van der Waals surface area contributed by atoms with Gasteiger partial charge in [-0.25, -0.2) is 4.79 Å². The Balaban J connectivity index is 0.000000208. The molecule has 0 aliphatic carbocycles. The topological polar surface area (TPSA) is 128 Å². The van der Waals surface area contributed by atoms with Crippen LogP contribution in [0.1, 0.15) is 43.0 Å². The molecule has 2 heterocycles. The van der Waals surface area contributed by atoms with Crippen molar-refractivity contribution in [3.63, 3.8) is 0 Å². The molecule has 220 valence electrons. The third kappa shape index (κ3) is 7.53. The van der Waals surface area contributed by atoms with Gasteiger partial charge in [-0.15, -0.1) is 0 Å². The maximum Gasteiger partial charge on any atom is 0.319 e. The quantitative estimate of drug-likeness (QED) is 0.131. The number of carbonyl (C=O) groups excluding carboxylic acids is 2. The van der Waals surface area contributed by atoms with E-state index in [9.17, 15) is 9.59 Å². The summed E-state index contributed by atoms with van der Waals surface area (Å²) in [6, 6.07) is 15.5. The highest BCUT2D eigenvalue weighted by Gasteiger charge is 2.31. The number of alkyl halides is 3. The Morgan fingerprint density at radius 3 is 1.74 bits per heavy atom. The van der Waals surface area contributed by atoms with Gasteiger partial charge in [0.05, 0.1) is 34.8 Å². The molecule has 0 atom stereocenters. The molecule has 0 spiro atoms. The van der Waals surface area contributed by atoms with E-state index < -0.39 is 9.70 Å². The van der Waals surface area contributed by atoms with Gasteiger partial charge in [-0.1, -0.05) is 92.0 Å². The fraction of sp³-hybridized carbons (Fsp3) is 0.267. The van der Waals surface area contributed by atoms with Crippen molar-refractivity contribution < 1.29 is 9.59 Å². The summed E-state index contributed by atoms with van der Waals surface area (Å²) in [6.07, 6.45) is 3.33. The molecule has 0 bridgehead atoms. The lowest BCUT2D eigenvalue weighted by atomic mass is 9.87. The molecular formula is C30H32Cl3N7O2. The number of rotatable bonds is 4. The average molecular weight is 629 g/mol. The van der Waals surface area contributed by atoms with Crippen LogP contribution in [0, 0.1) is 13.8 Å². The molecular weight excluding hydrogens is 597 g/mol. The normalized spacial score (nSPS) is 11.6. The molecule has 0 saturated carbocycles. The molecule has 5 N–H and O–H groups in total. The van der Waals surface area contributed by atoms with Gasteiger partial charge >= 0.3 is 6.03 Å². The van der Waals surface area contributed by atoms with E-state index in [1.165, 1.54) is 5.56 Å². The minimum absolute atomic E-state index is 0.130. The summed E-state index contributed by atoms with van der Waals surface area (Å²) in [5.74, 6) is -0.700. The van der Waals surface area contributed by atoms with E-state index in [2.05, 4.69) is 81.4 Å². The summed E-state index contributed by atoms with van der Waals surface area (Å²) in [5.41, 5.74) is 7.67. The number of hydrogen-bond donors (Lipinski definition) is 5. The monoisotopic (exact) mass is 627 g/mol. The standard InChI is InChI=1S/C20H24N4O.C10H8Cl3N3O/c1-13-5-10-17(16-12-22-24-18(13)16)23-19(25)21-11-14-6-8-15(9-7-14)20(2,3)4;1-5-2-3-7(6-4-14-16-8(5)6)15-9(17)10(11,12)13/h5-10,12H,11H2,1-4H3,(H,22,24)(H2,21,23,25);2-4H,1H3,(H,14,16)(H,15,17). The first kappa shape index (κ1) is 31.2. The van der Waals surface area contributed by atoms with Gasteiger partial charge < -0.3 is 16.0 Å². The molecule has 0 saturated heterocycles. The highest BCUT2D eigenvalue weighted by Crippen LogP contribution is 2.30. The van der Waals surface area contributed by atoms with Crippen molar-refractivity contribution in [1.29, 1.82) is 0 Å². The lowest BCUT2D eigenvalue weighted by molar-refractivity contribution is -0.115. The molecule has 2 aromatic heterocycles. The maximum atomic E-state index is 12.2. The number of amides is 3. The summed E-state index contributed by atoms with van der Waals surface area (Å²) in [5, 5.41) is 23.8. The fourth-order valence-electron chi connectivity index (χ4n) is 4.23. The van der Waals surface area contributed by atoms with Gasteiger partial charge in [-0.2, -0.15) is 10.2 Å². The zero-order valence-corrected chi connectivity index (χ0v) is 26.1. The Morgan fingerprint density at radius 1 is 0.762 bits per heavy atom. The maximum absolute atomic E-state index is 12.2. The zero-order valence-electron chi connectivity index (χ0n) is 23.8. The molecule has 3 amide bonds. The number of carbonyl (C=O) groups is 2. The van der Waals surface area contributed by atoms with Crippen LogP contribution in [-0.2, 0) is 16.8 Å². The number of urea groups is 1. The molecule has 0 aliphatic heterocycles. The molecule has 5 aromatic rings. The Kier molecular flexibility index (Phi) is 9.35. The van der Waals surface area contributed by atoms with E-state index >= 15 is 0 Å². The van der Waals surface area contributed by atoms with Gasteiger partial charge in [0.2, 0.25) is 0 Å². The lowest BCUT2D eigenvalue weighted by Crippen LogP contribution is -2.28. The molecule has 42 heavy (non-hydrogen) atoms. The first-order chi connectivity index (χ1) is 19.7. The van der Waals surface area contributed by atoms with Crippen molar-refractivity contribution >= 4 is 79.9 Å². The van der Waals surface area contributed by atoms with Gasteiger partial charge in [0.1, 0.15) is 0 Å². The second kappa shape index (κ2) is 12.6. The van der Waals surface area contributed by atoms with Crippen LogP contribution in [0.4, 0.5) is 16.2 Å². The minimum atomic E-state index is -1.99. The van der Waals surface area contributed by atoms with Crippen molar-refractivity contribution in [2.24, 2.45) is 0 Å². The predicted octanol–water partition coefficient (Wildman–Crippen LogP) is 7.67. The Labute approximate surface area is 258 Å². The van der Waals surface area contributed by atoms with Crippen LogP contribution in [-0.4, -0.2) is 36.1 Å². The Bertz CT molecular complexity index is 1720. The van der Waals surface area contributed by atoms with Gasteiger partial charge in [0.25, 0.3) is 9.70 Å². The molecule has 9 nitrogen and oxygen atoms in total. The summed E-state index contributed by atoms with van der Waals surface area (Å²) in [7, 11) is 0. The first-order valence-corrected chi connectivity index (χ1v) is 14.2. The van der Waals surface area contributed by atoms with E-state index in [0.29, 0.717) is 12.2 Å². The third-order valence-electron chi connectivity index (χ3n) is 6.67. The van der Waals surface area contributed by atoms with Crippen LogP contribution in [0.2, 0.25) is 0 Å². The molecule has 0 fully saturated rings. The number of hydrogen-bond acceptors (Lipinski definition) is 4. The van der Waals surface area contributed by atoms with E-state index in [-0.39, 0.29) is 11.4 Å². The Morgan fingerprint density at radius 2 is 1.26 bits per heavy atom. The van der Waals surface area contributed by atoms with Crippen LogP contribution < -0.4 is 16.0 Å². The number of aromatic amines is 2. The molecule has 3 aromatic carbocycles. The molecule has 0 aliphatic rings. The molecule has 12 heteroatoms. The molecule has 0 radical (unpaired) electrons. The van der Waals surface area contributed by atoms with Gasteiger partial charge in [0, 0.05) is 17.3 Å². The predicted molar refractivity (Wildman–Crippen MR) is 172 cm³/mol. The van der Waals surface area contributed by atoms with Crippen LogP contribution in [0.25, 0.3) is 21.8 Å². The van der Waals surface area contributed by atoms with E-state index in [1.807, 2.05) is 32.0 Å². The SMILES string of the molecule is Cc1ccc(NC(=O)C(Cl)(Cl)Cl)c2cn[nH]c12.Cc1ccc(NC(=O)NCc2ccc(C(C)(C)C)cc2)c2cn[nH]c12. The van der Waals surface area contributed by atoms with Crippen molar-refractivity contribution in [1.82, 2.24) is 25.7 Å². The fourth-order valence-corrected chi connectivity index (χ4v) is 4.37. The minimum Gasteiger partial charge on any atom is -0.334 e. The van der Waals surface area contributed by atoms with Crippen LogP contribution in [0.5, 0.6) is 0 Å². The number of nitrogens with zero attached hydrogens (tertiary/aromatic N) is 2. The van der Waals surface area contributed by atoms with Gasteiger partial charge in [-0.3, -0.25) is 15.0 Å². The van der Waals surface area contributed by atoms with Crippen molar-refractivity contribution in [2.45, 2.75) is 50.4 Å². The highest BCUT2D eigenvalue weighted by molar-refractivity contribution is 6.76. The molecule has 0 unspecified atom stereocenters. The summed E-state index contributed by atoms with van der Waals surface area (Å²) >= 11 is 16.5. The smallest absolute Gasteiger partial charge is 0.319 e. The van der Waals surface area contributed by atoms with E-state index in [0.717, 1.165) is 44.2 Å². The van der Waals surface area contributed by atoms with E-state index in [4.69, 9.17) is 34.8 Å². The van der Waals surface area contributed by atoms with Gasteiger partial charge in [-0.05, 0) is 53.6 Å². The van der Waals surface area contributed by atoms with Crippen LogP contribution in [0.3, 0.4) is 0 Å². The average Bonchev–Trinajstić information content (AvgIpc) is 3.62. The molecule has 5 rings (SSSR count). The number of anilines is 2. The van der Waals surface area contributed by atoms with Gasteiger partial charge in [0.15, 0.2) is 0 Å². The van der Waals surface area contributed by atoms with Crippen LogP contribution >= 0.6 is 34.8 Å². The number of aromatic nitrogens is 4. The second-order valence-electron chi connectivity index (χ2n) is 10.9. The number of fused-ring (bicyclic) bond motifs is 2. The number of benzene rings is 3. The third-order valence-corrected chi connectivity index (χ3v) is 7.19.